The van der Waals surface area contributed by atoms with E-state index in [1.54, 1.807) is 0 Å². The molecule has 2 unspecified atom stereocenters. The van der Waals surface area contributed by atoms with Gasteiger partial charge in [-0.2, -0.15) is 23.5 Å². The van der Waals surface area contributed by atoms with Crippen LogP contribution in [-0.2, 0) is 21.1 Å². The first kappa shape index (κ1) is 18.8. The van der Waals surface area contributed by atoms with Gasteiger partial charge in [0.15, 0.2) is 0 Å². The Balaban J connectivity index is 2.31. The normalized spacial score (nSPS) is 13.5. The van der Waals surface area contributed by atoms with E-state index in [2.05, 4.69) is 0 Å². The van der Waals surface area contributed by atoms with Crippen molar-refractivity contribution in [2.75, 3.05) is 11.5 Å². The molecule has 122 valence electrons. The van der Waals surface area contributed by atoms with Gasteiger partial charge in [0, 0.05) is 23.0 Å². The zero-order valence-corrected chi connectivity index (χ0v) is 13.6. The topological polar surface area (TPSA) is 127 Å². The predicted octanol–water partition coefficient (Wildman–Crippen LogP) is 0.977. The van der Waals surface area contributed by atoms with Crippen molar-refractivity contribution in [2.45, 2.75) is 23.6 Å². The molecule has 0 aliphatic heterocycles. The van der Waals surface area contributed by atoms with Gasteiger partial charge in [-0.15, -0.1) is 0 Å². The first-order valence-electron chi connectivity index (χ1n) is 6.60. The highest BCUT2D eigenvalue weighted by Crippen LogP contribution is 2.17. The van der Waals surface area contributed by atoms with Gasteiger partial charge in [-0.25, -0.2) is 0 Å². The lowest BCUT2D eigenvalue weighted by molar-refractivity contribution is -0.138. The number of hydrogen-bond acceptors (Lipinski definition) is 6. The van der Waals surface area contributed by atoms with Crippen LogP contribution in [0.25, 0.3) is 0 Å². The molecular formula is C14H20N2O4S2. The van der Waals surface area contributed by atoms with Gasteiger partial charge in [-0.1, -0.05) is 24.3 Å². The quantitative estimate of drug-likeness (QED) is 0.495. The van der Waals surface area contributed by atoms with E-state index in [1.165, 1.54) is 23.5 Å². The van der Waals surface area contributed by atoms with Crippen molar-refractivity contribution in [1.29, 1.82) is 0 Å². The lowest BCUT2D eigenvalue weighted by Crippen LogP contribution is -2.32. The van der Waals surface area contributed by atoms with E-state index in [-0.39, 0.29) is 0 Å². The number of rotatable bonds is 10. The Morgan fingerprint density at radius 2 is 1.18 bits per heavy atom. The van der Waals surface area contributed by atoms with Crippen LogP contribution in [0.15, 0.2) is 24.3 Å². The van der Waals surface area contributed by atoms with Crippen LogP contribution in [0.4, 0.5) is 0 Å². The van der Waals surface area contributed by atoms with E-state index < -0.39 is 24.0 Å². The lowest BCUT2D eigenvalue weighted by Gasteiger charge is -2.08. The number of aliphatic carboxylic acids is 2. The minimum absolute atomic E-state index is 0.375. The molecular weight excluding hydrogens is 324 g/mol. The third-order valence-corrected chi connectivity index (χ3v) is 5.05. The Morgan fingerprint density at radius 1 is 0.864 bits per heavy atom. The van der Waals surface area contributed by atoms with E-state index in [0.717, 1.165) is 11.1 Å². The van der Waals surface area contributed by atoms with Crippen LogP contribution in [0.5, 0.6) is 0 Å². The van der Waals surface area contributed by atoms with Crippen LogP contribution in [0.1, 0.15) is 11.1 Å². The molecule has 1 rings (SSSR count). The SMILES string of the molecule is NC(CSCc1ccc(CSCC(N)C(=O)O)cc1)C(=O)O. The lowest BCUT2D eigenvalue weighted by atomic mass is 10.2. The molecule has 0 heterocycles. The molecule has 0 radical (unpaired) electrons. The third-order valence-electron chi connectivity index (χ3n) is 2.79. The number of hydrogen-bond donors (Lipinski definition) is 4. The second-order valence-electron chi connectivity index (χ2n) is 4.74. The fourth-order valence-corrected chi connectivity index (χ4v) is 3.37. The monoisotopic (exact) mass is 344 g/mol. The molecule has 6 nitrogen and oxygen atoms in total. The van der Waals surface area contributed by atoms with Crippen LogP contribution in [0.3, 0.4) is 0 Å². The van der Waals surface area contributed by atoms with E-state index in [4.69, 9.17) is 21.7 Å². The smallest absolute Gasteiger partial charge is 0.321 e. The Morgan fingerprint density at radius 3 is 1.45 bits per heavy atom. The van der Waals surface area contributed by atoms with E-state index in [9.17, 15) is 9.59 Å². The standard InChI is InChI=1S/C14H20N2O4S2/c15-11(13(17)18)7-21-5-9-1-2-10(4-3-9)6-22-8-12(16)14(19)20/h1-4,11-12H,5-8,15-16H2,(H,17,18)(H,19,20). The minimum Gasteiger partial charge on any atom is -0.480 e. The summed E-state index contributed by atoms with van der Waals surface area (Å²) in [4.78, 5) is 21.2. The summed E-state index contributed by atoms with van der Waals surface area (Å²) in [5, 5.41) is 17.4. The summed E-state index contributed by atoms with van der Waals surface area (Å²) >= 11 is 2.96. The van der Waals surface area contributed by atoms with Crippen LogP contribution < -0.4 is 11.5 Å². The second-order valence-corrected chi connectivity index (χ2v) is 6.80. The van der Waals surface area contributed by atoms with Gasteiger partial charge in [-0.3, -0.25) is 9.59 Å². The van der Waals surface area contributed by atoms with Crippen molar-refractivity contribution < 1.29 is 19.8 Å². The minimum atomic E-state index is -0.987. The summed E-state index contributed by atoms with van der Waals surface area (Å²) in [5.41, 5.74) is 13.1. The molecule has 0 fully saturated rings. The molecule has 0 aromatic heterocycles. The largest absolute Gasteiger partial charge is 0.480 e. The van der Waals surface area contributed by atoms with Gasteiger partial charge in [0.2, 0.25) is 0 Å². The summed E-state index contributed by atoms with van der Waals surface area (Å²) in [6.45, 7) is 0. The first-order valence-corrected chi connectivity index (χ1v) is 8.91. The molecule has 0 aliphatic rings. The second kappa shape index (κ2) is 9.73. The van der Waals surface area contributed by atoms with Crippen LogP contribution >= 0.6 is 23.5 Å². The molecule has 22 heavy (non-hydrogen) atoms. The molecule has 1 aromatic rings. The summed E-state index contributed by atoms with van der Waals surface area (Å²) in [5.74, 6) is 0.190. The maximum Gasteiger partial charge on any atom is 0.321 e. The Hall–Kier alpha value is -1.22. The van der Waals surface area contributed by atoms with Gasteiger partial charge < -0.3 is 21.7 Å². The van der Waals surface area contributed by atoms with Crippen LogP contribution in [-0.4, -0.2) is 45.7 Å². The fraction of sp³-hybridized carbons (Fsp3) is 0.429. The summed E-state index contributed by atoms with van der Waals surface area (Å²) < 4.78 is 0. The number of carboxylic acids is 2. The van der Waals surface area contributed by atoms with Crippen molar-refractivity contribution in [3.63, 3.8) is 0 Å². The maximum absolute atomic E-state index is 10.6. The molecule has 0 saturated carbocycles. The van der Waals surface area contributed by atoms with E-state index in [0.29, 0.717) is 23.0 Å². The number of thioether (sulfide) groups is 2. The average Bonchev–Trinajstić information content (AvgIpc) is 2.48. The summed E-state index contributed by atoms with van der Waals surface area (Å²) in [6.07, 6.45) is 0. The van der Waals surface area contributed by atoms with Crippen molar-refractivity contribution >= 4 is 35.5 Å². The van der Waals surface area contributed by atoms with Crippen LogP contribution in [0, 0.1) is 0 Å². The number of carbonyl (C=O) groups is 2. The Bertz CT molecular complexity index is 451. The molecule has 0 bridgehead atoms. The number of nitrogens with two attached hydrogens (primary N) is 2. The predicted molar refractivity (Wildman–Crippen MR) is 90.0 cm³/mol. The van der Waals surface area contributed by atoms with Gasteiger partial charge in [0.05, 0.1) is 0 Å². The van der Waals surface area contributed by atoms with Crippen molar-refractivity contribution in [3.05, 3.63) is 35.4 Å². The van der Waals surface area contributed by atoms with E-state index in [1.807, 2.05) is 24.3 Å². The Kier molecular flexibility index (Phi) is 8.32. The molecule has 2 atom stereocenters. The number of benzene rings is 1. The maximum atomic E-state index is 10.6. The molecule has 6 N–H and O–H groups in total. The summed E-state index contributed by atoms with van der Waals surface area (Å²) in [6, 6.07) is 6.25. The fourth-order valence-electron chi connectivity index (χ4n) is 1.48. The molecule has 0 spiro atoms. The molecule has 8 heteroatoms. The van der Waals surface area contributed by atoms with Crippen LogP contribution in [0.2, 0.25) is 0 Å². The highest BCUT2D eigenvalue weighted by atomic mass is 32.2. The average molecular weight is 344 g/mol. The van der Waals surface area contributed by atoms with Crippen molar-refractivity contribution in [3.8, 4) is 0 Å². The first-order chi connectivity index (χ1) is 10.4. The van der Waals surface area contributed by atoms with Gasteiger partial charge in [-0.05, 0) is 11.1 Å². The highest BCUT2D eigenvalue weighted by Gasteiger charge is 2.11. The van der Waals surface area contributed by atoms with Crippen molar-refractivity contribution in [1.82, 2.24) is 0 Å². The molecule has 0 amide bonds. The molecule has 1 aromatic carbocycles. The number of carboxylic acid groups (broad SMARTS) is 2. The highest BCUT2D eigenvalue weighted by molar-refractivity contribution is 7.98. The third kappa shape index (κ3) is 7.17. The summed E-state index contributed by atoms with van der Waals surface area (Å²) in [7, 11) is 0. The van der Waals surface area contributed by atoms with Crippen molar-refractivity contribution in [2.24, 2.45) is 11.5 Å². The van der Waals surface area contributed by atoms with E-state index >= 15 is 0 Å². The van der Waals surface area contributed by atoms with Gasteiger partial charge in [0.25, 0.3) is 0 Å². The molecule has 0 aliphatic carbocycles. The zero-order chi connectivity index (χ0) is 16.5. The Labute approximate surface area is 137 Å². The molecule has 0 saturated heterocycles. The van der Waals surface area contributed by atoms with Gasteiger partial charge in [0.1, 0.15) is 12.1 Å². The zero-order valence-electron chi connectivity index (χ0n) is 12.0. The van der Waals surface area contributed by atoms with Gasteiger partial charge >= 0.3 is 11.9 Å².